The minimum atomic E-state index is 0.907. The minimum absolute atomic E-state index is 0.907. The van der Waals surface area contributed by atoms with E-state index in [0.29, 0.717) is 0 Å². The Hall–Kier alpha value is -1.45. The standard InChI is InChI=1S/C16H23N3/c1-3-19(4-2)12-11-17-13-14-7-5-9-16-15(14)8-6-10-18-16/h5-10,17H,3-4,11-13H2,1-2H3. The summed E-state index contributed by atoms with van der Waals surface area (Å²) in [5, 5.41) is 4.77. The smallest absolute Gasteiger partial charge is 0.0705 e. The third-order valence-electron chi connectivity index (χ3n) is 3.55. The molecule has 1 aromatic carbocycles. The van der Waals surface area contributed by atoms with Crippen LogP contribution in [-0.4, -0.2) is 36.1 Å². The third-order valence-corrected chi connectivity index (χ3v) is 3.55. The maximum atomic E-state index is 4.39. The zero-order chi connectivity index (χ0) is 13.5. The Morgan fingerprint density at radius 2 is 1.95 bits per heavy atom. The molecule has 0 aliphatic carbocycles. The first-order valence-corrected chi connectivity index (χ1v) is 7.10. The molecule has 19 heavy (non-hydrogen) atoms. The molecule has 0 spiro atoms. The number of pyridine rings is 1. The Labute approximate surface area is 115 Å². The lowest BCUT2D eigenvalue weighted by Gasteiger charge is -2.18. The first kappa shape index (κ1) is 14.0. The lowest BCUT2D eigenvalue weighted by Crippen LogP contribution is -2.31. The highest BCUT2D eigenvalue weighted by atomic mass is 15.1. The fourth-order valence-electron chi connectivity index (χ4n) is 2.32. The number of rotatable bonds is 7. The van der Waals surface area contributed by atoms with Crippen molar-refractivity contribution in [3.8, 4) is 0 Å². The molecule has 0 amide bonds. The molecular formula is C16H23N3. The number of nitrogens with one attached hydrogen (secondary N) is 1. The molecule has 2 aromatic rings. The molecule has 1 heterocycles. The zero-order valence-corrected chi connectivity index (χ0v) is 11.9. The largest absolute Gasteiger partial charge is 0.311 e. The Morgan fingerprint density at radius 1 is 1.11 bits per heavy atom. The molecule has 0 bridgehead atoms. The molecule has 1 N–H and O–H groups in total. The van der Waals surface area contributed by atoms with E-state index >= 15 is 0 Å². The van der Waals surface area contributed by atoms with Crippen molar-refractivity contribution in [2.75, 3.05) is 26.2 Å². The van der Waals surface area contributed by atoms with Crippen molar-refractivity contribution in [3.63, 3.8) is 0 Å². The van der Waals surface area contributed by atoms with Crippen LogP contribution in [0.4, 0.5) is 0 Å². The van der Waals surface area contributed by atoms with Crippen LogP contribution in [0.3, 0.4) is 0 Å². The highest BCUT2D eigenvalue weighted by molar-refractivity contribution is 5.81. The summed E-state index contributed by atoms with van der Waals surface area (Å²) in [6, 6.07) is 10.5. The second kappa shape index (κ2) is 7.22. The molecule has 0 saturated heterocycles. The average Bonchev–Trinajstić information content (AvgIpc) is 2.47. The van der Waals surface area contributed by atoms with Gasteiger partial charge in [0, 0.05) is 31.2 Å². The van der Waals surface area contributed by atoms with E-state index in [1.54, 1.807) is 0 Å². The van der Waals surface area contributed by atoms with Crippen molar-refractivity contribution in [2.24, 2.45) is 0 Å². The Kier molecular flexibility index (Phi) is 5.31. The maximum Gasteiger partial charge on any atom is 0.0705 e. The number of aromatic nitrogens is 1. The molecule has 1 aromatic heterocycles. The number of hydrogen-bond acceptors (Lipinski definition) is 3. The second-order valence-electron chi connectivity index (χ2n) is 4.69. The number of hydrogen-bond donors (Lipinski definition) is 1. The van der Waals surface area contributed by atoms with Gasteiger partial charge in [-0.1, -0.05) is 32.0 Å². The van der Waals surface area contributed by atoms with Gasteiger partial charge < -0.3 is 10.2 Å². The zero-order valence-electron chi connectivity index (χ0n) is 11.9. The summed E-state index contributed by atoms with van der Waals surface area (Å²) in [6.45, 7) is 9.70. The highest BCUT2D eigenvalue weighted by Gasteiger charge is 2.01. The van der Waals surface area contributed by atoms with Crippen LogP contribution in [0.15, 0.2) is 36.5 Å². The van der Waals surface area contributed by atoms with Gasteiger partial charge in [0.15, 0.2) is 0 Å². The molecule has 0 atom stereocenters. The van der Waals surface area contributed by atoms with Crippen LogP contribution in [0.2, 0.25) is 0 Å². The summed E-state index contributed by atoms with van der Waals surface area (Å²) >= 11 is 0. The predicted molar refractivity (Wildman–Crippen MR) is 81.2 cm³/mol. The van der Waals surface area contributed by atoms with Gasteiger partial charge in [-0.15, -0.1) is 0 Å². The molecular weight excluding hydrogens is 234 g/mol. The van der Waals surface area contributed by atoms with Crippen LogP contribution in [0.1, 0.15) is 19.4 Å². The summed E-state index contributed by atoms with van der Waals surface area (Å²) in [5.74, 6) is 0. The molecule has 2 rings (SSSR count). The fourth-order valence-corrected chi connectivity index (χ4v) is 2.32. The Bertz CT molecular complexity index is 501. The van der Waals surface area contributed by atoms with Gasteiger partial charge >= 0.3 is 0 Å². The fraction of sp³-hybridized carbons (Fsp3) is 0.438. The maximum absolute atomic E-state index is 4.39. The molecule has 0 unspecified atom stereocenters. The van der Waals surface area contributed by atoms with Crippen molar-refractivity contribution in [2.45, 2.75) is 20.4 Å². The predicted octanol–water partition coefficient (Wildman–Crippen LogP) is 2.67. The molecule has 0 fully saturated rings. The van der Waals surface area contributed by atoms with Crippen LogP contribution in [0, 0.1) is 0 Å². The summed E-state index contributed by atoms with van der Waals surface area (Å²) < 4.78 is 0. The van der Waals surface area contributed by atoms with Crippen LogP contribution < -0.4 is 5.32 Å². The van der Waals surface area contributed by atoms with E-state index in [0.717, 1.165) is 38.2 Å². The van der Waals surface area contributed by atoms with Gasteiger partial charge in [-0.25, -0.2) is 0 Å². The van der Waals surface area contributed by atoms with Gasteiger partial charge in [0.05, 0.1) is 5.52 Å². The van der Waals surface area contributed by atoms with Gasteiger partial charge in [0.25, 0.3) is 0 Å². The molecule has 0 saturated carbocycles. The van der Waals surface area contributed by atoms with E-state index in [4.69, 9.17) is 0 Å². The molecule has 3 nitrogen and oxygen atoms in total. The van der Waals surface area contributed by atoms with Crippen LogP contribution >= 0.6 is 0 Å². The van der Waals surface area contributed by atoms with E-state index in [1.165, 1.54) is 10.9 Å². The van der Waals surface area contributed by atoms with Gasteiger partial charge in [-0.3, -0.25) is 4.98 Å². The molecule has 102 valence electrons. The number of likely N-dealkylation sites (N-methyl/N-ethyl adjacent to an activating group) is 1. The number of nitrogens with zero attached hydrogens (tertiary/aromatic N) is 2. The summed E-state index contributed by atoms with van der Waals surface area (Å²) in [7, 11) is 0. The van der Waals surface area contributed by atoms with Gasteiger partial charge in [0.2, 0.25) is 0 Å². The van der Waals surface area contributed by atoms with Crippen molar-refractivity contribution < 1.29 is 0 Å². The van der Waals surface area contributed by atoms with Gasteiger partial charge in [-0.2, -0.15) is 0 Å². The van der Waals surface area contributed by atoms with Crippen LogP contribution in [-0.2, 0) is 6.54 Å². The molecule has 0 aliphatic rings. The van der Waals surface area contributed by atoms with E-state index in [-0.39, 0.29) is 0 Å². The lowest BCUT2D eigenvalue weighted by atomic mass is 10.1. The lowest BCUT2D eigenvalue weighted by molar-refractivity contribution is 0.302. The molecule has 0 aliphatic heterocycles. The number of fused-ring (bicyclic) bond motifs is 1. The Balaban J connectivity index is 1.91. The summed E-state index contributed by atoms with van der Waals surface area (Å²) in [6.07, 6.45) is 1.85. The van der Waals surface area contributed by atoms with Crippen molar-refractivity contribution >= 4 is 10.9 Å². The van der Waals surface area contributed by atoms with Crippen molar-refractivity contribution in [1.29, 1.82) is 0 Å². The SMILES string of the molecule is CCN(CC)CCNCc1cccc2ncccc12. The average molecular weight is 257 g/mol. The van der Waals surface area contributed by atoms with E-state index in [2.05, 4.69) is 53.3 Å². The first-order valence-electron chi connectivity index (χ1n) is 7.10. The Morgan fingerprint density at radius 3 is 2.74 bits per heavy atom. The topological polar surface area (TPSA) is 28.2 Å². The molecule has 0 radical (unpaired) electrons. The van der Waals surface area contributed by atoms with Crippen LogP contribution in [0.25, 0.3) is 10.9 Å². The first-order chi connectivity index (χ1) is 9.35. The second-order valence-corrected chi connectivity index (χ2v) is 4.69. The third kappa shape index (κ3) is 3.75. The monoisotopic (exact) mass is 257 g/mol. The van der Waals surface area contributed by atoms with Gasteiger partial charge in [-0.05, 0) is 30.8 Å². The van der Waals surface area contributed by atoms with Crippen molar-refractivity contribution in [3.05, 3.63) is 42.1 Å². The van der Waals surface area contributed by atoms with Gasteiger partial charge in [0.1, 0.15) is 0 Å². The quantitative estimate of drug-likeness (QED) is 0.773. The number of benzene rings is 1. The molecule has 3 heteroatoms. The van der Waals surface area contributed by atoms with E-state index in [1.807, 2.05) is 12.3 Å². The van der Waals surface area contributed by atoms with E-state index in [9.17, 15) is 0 Å². The van der Waals surface area contributed by atoms with Crippen molar-refractivity contribution in [1.82, 2.24) is 15.2 Å². The highest BCUT2D eigenvalue weighted by Crippen LogP contribution is 2.15. The van der Waals surface area contributed by atoms with Crippen LogP contribution in [0.5, 0.6) is 0 Å². The summed E-state index contributed by atoms with van der Waals surface area (Å²) in [4.78, 5) is 6.82. The minimum Gasteiger partial charge on any atom is -0.311 e. The van der Waals surface area contributed by atoms with E-state index < -0.39 is 0 Å². The normalized spacial score (nSPS) is 11.3. The summed E-state index contributed by atoms with van der Waals surface area (Å²) in [5.41, 5.74) is 2.40.